The van der Waals surface area contributed by atoms with Crippen LogP contribution in [0, 0.1) is 0 Å². The van der Waals surface area contributed by atoms with E-state index in [9.17, 15) is 0 Å². The van der Waals surface area contributed by atoms with Gasteiger partial charge in [0.2, 0.25) is 0 Å². The molecule has 1 aliphatic rings. The van der Waals surface area contributed by atoms with Gasteiger partial charge in [-0.15, -0.1) is 0 Å². The molecule has 9 heavy (non-hydrogen) atoms. The van der Waals surface area contributed by atoms with E-state index in [1.54, 1.807) is 0 Å². The summed E-state index contributed by atoms with van der Waals surface area (Å²) in [5.74, 6) is 0. The molecule has 1 aliphatic heterocycles. The third-order valence-electron chi connectivity index (χ3n) is 1.63. The summed E-state index contributed by atoms with van der Waals surface area (Å²) in [7, 11) is 0. The molecule has 1 atom stereocenters. The Balaban J connectivity index is 2.22. The minimum Gasteiger partial charge on any atom is -0.395 e. The van der Waals surface area contributed by atoms with Crippen molar-refractivity contribution in [3.8, 4) is 0 Å². The molecule has 0 radical (unpaired) electrons. The van der Waals surface area contributed by atoms with Gasteiger partial charge in [0.1, 0.15) is 0 Å². The minimum absolute atomic E-state index is 0.230. The molecule has 0 aliphatic carbocycles. The van der Waals surface area contributed by atoms with Crippen molar-refractivity contribution >= 4 is 0 Å². The maximum absolute atomic E-state index is 8.55. The number of aliphatic hydroxyl groups excluding tert-OH is 1. The molecule has 1 N–H and O–H groups in total. The smallest absolute Gasteiger partial charge is 0.0994 e. The molecule has 1 heterocycles. The molecule has 3 nitrogen and oxygen atoms in total. The van der Waals surface area contributed by atoms with Crippen molar-refractivity contribution in [3.63, 3.8) is 0 Å². The lowest BCUT2D eigenvalue weighted by atomic mass is 10.3. The fourth-order valence-electron chi connectivity index (χ4n) is 0.987. The summed E-state index contributed by atoms with van der Waals surface area (Å²) in [6, 6.07) is 0.483. The van der Waals surface area contributed by atoms with Gasteiger partial charge in [0.05, 0.1) is 19.9 Å². The maximum atomic E-state index is 8.55. The molecule has 54 valence electrons. The van der Waals surface area contributed by atoms with Crippen molar-refractivity contribution in [1.82, 2.24) is 4.90 Å². The second kappa shape index (κ2) is 3.15. The van der Waals surface area contributed by atoms with E-state index in [1.807, 2.05) is 0 Å². The van der Waals surface area contributed by atoms with Gasteiger partial charge in [-0.05, 0) is 6.92 Å². The topological polar surface area (TPSA) is 32.7 Å². The van der Waals surface area contributed by atoms with Gasteiger partial charge in [0.15, 0.2) is 0 Å². The van der Waals surface area contributed by atoms with E-state index in [-0.39, 0.29) is 6.61 Å². The number of β-amino-alcohol motifs (C(OH)–C–C–N with tert-alkyl or cyclic N) is 1. The molecular weight excluding hydrogens is 118 g/mol. The summed E-state index contributed by atoms with van der Waals surface area (Å²) in [5.41, 5.74) is 0. The van der Waals surface area contributed by atoms with Gasteiger partial charge in [-0.25, -0.2) is 0 Å². The first kappa shape index (κ1) is 6.99. The quantitative estimate of drug-likeness (QED) is 0.556. The van der Waals surface area contributed by atoms with Gasteiger partial charge in [-0.3, -0.25) is 4.90 Å². The summed E-state index contributed by atoms with van der Waals surface area (Å²) < 4.78 is 5.14. The average Bonchev–Trinajstić information content (AvgIpc) is 2.18. The van der Waals surface area contributed by atoms with Gasteiger partial charge >= 0.3 is 0 Å². The van der Waals surface area contributed by atoms with Gasteiger partial charge in [-0.1, -0.05) is 0 Å². The summed E-state index contributed by atoms with van der Waals surface area (Å²) in [4.78, 5) is 2.11. The highest BCUT2D eigenvalue weighted by Gasteiger charge is 2.19. The van der Waals surface area contributed by atoms with Gasteiger partial charge in [-0.2, -0.15) is 0 Å². The van der Waals surface area contributed by atoms with Crippen molar-refractivity contribution in [3.05, 3.63) is 0 Å². The average molecular weight is 131 g/mol. The van der Waals surface area contributed by atoms with Crippen LogP contribution in [0.2, 0.25) is 0 Å². The highest BCUT2D eigenvalue weighted by Crippen LogP contribution is 2.06. The zero-order valence-corrected chi connectivity index (χ0v) is 5.71. The molecule has 0 amide bonds. The van der Waals surface area contributed by atoms with Crippen molar-refractivity contribution in [1.29, 1.82) is 0 Å². The predicted molar refractivity (Wildman–Crippen MR) is 34.1 cm³/mol. The Labute approximate surface area is 55.2 Å². The molecule has 0 saturated carbocycles. The fourth-order valence-corrected chi connectivity index (χ4v) is 0.987. The third kappa shape index (κ3) is 1.64. The van der Waals surface area contributed by atoms with Gasteiger partial charge < -0.3 is 9.84 Å². The Morgan fingerprint density at radius 1 is 1.78 bits per heavy atom. The summed E-state index contributed by atoms with van der Waals surface area (Å²) in [6.07, 6.45) is 0. The summed E-state index contributed by atoms with van der Waals surface area (Å²) in [6.45, 7) is 4.55. The van der Waals surface area contributed by atoms with Crippen LogP contribution in [0.3, 0.4) is 0 Å². The number of rotatable bonds is 2. The Morgan fingerprint density at radius 3 is 3.00 bits per heavy atom. The van der Waals surface area contributed by atoms with E-state index in [1.165, 1.54) is 0 Å². The number of nitrogens with zero attached hydrogens (tertiary/aromatic N) is 1. The Morgan fingerprint density at radius 2 is 2.56 bits per heavy atom. The molecule has 0 aromatic heterocycles. The lowest BCUT2D eigenvalue weighted by molar-refractivity contribution is 0.121. The first-order valence-corrected chi connectivity index (χ1v) is 3.27. The lowest BCUT2D eigenvalue weighted by Gasteiger charge is -2.15. The summed E-state index contributed by atoms with van der Waals surface area (Å²) >= 11 is 0. The molecule has 1 unspecified atom stereocenters. The lowest BCUT2D eigenvalue weighted by Crippen LogP contribution is -2.30. The molecule has 1 fully saturated rings. The van der Waals surface area contributed by atoms with Crippen LogP contribution in [0.1, 0.15) is 6.92 Å². The van der Waals surface area contributed by atoms with Crippen LogP contribution in [-0.4, -0.2) is 42.5 Å². The standard InChI is InChI=1S/C6H13NO2/c1-6-4-9-5-7(6)2-3-8/h6,8H,2-5H2,1H3. The van der Waals surface area contributed by atoms with Crippen molar-refractivity contribution < 1.29 is 9.84 Å². The van der Waals surface area contributed by atoms with Crippen LogP contribution < -0.4 is 0 Å². The van der Waals surface area contributed by atoms with E-state index in [2.05, 4.69) is 11.8 Å². The molecule has 0 aromatic carbocycles. The second-order valence-corrected chi connectivity index (χ2v) is 2.38. The zero-order valence-electron chi connectivity index (χ0n) is 5.71. The van der Waals surface area contributed by atoms with Crippen LogP contribution in [0.15, 0.2) is 0 Å². The SMILES string of the molecule is CC1COCN1CCO. The molecular formula is C6H13NO2. The van der Waals surface area contributed by atoms with Gasteiger partial charge in [0.25, 0.3) is 0 Å². The molecule has 1 rings (SSSR count). The first-order valence-electron chi connectivity index (χ1n) is 3.27. The van der Waals surface area contributed by atoms with E-state index in [0.29, 0.717) is 12.8 Å². The highest BCUT2D eigenvalue weighted by molar-refractivity contribution is 4.67. The largest absolute Gasteiger partial charge is 0.395 e. The van der Waals surface area contributed by atoms with Crippen molar-refractivity contribution in [2.24, 2.45) is 0 Å². The van der Waals surface area contributed by atoms with Gasteiger partial charge in [0, 0.05) is 12.6 Å². The van der Waals surface area contributed by atoms with Crippen LogP contribution >= 0.6 is 0 Å². The van der Waals surface area contributed by atoms with Crippen molar-refractivity contribution in [2.75, 3.05) is 26.5 Å². The monoisotopic (exact) mass is 131 g/mol. The Kier molecular flexibility index (Phi) is 2.45. The Bertz CT molecular complexity index is 87.1. The maximum Gasteiger partial charge on any atom is 0.0994 e. The highest BCUT2D eigenvalue weighted by atomic mass is 16.5. The molecule has 0 aromatic rings. The van der Waals surface area contributed by atoms with E-state index in [0.717, 1.165) is 13.2 Å². The fraction of sp³-hybridized carbons (Fsp3) is 1.00. The normalized spacial score (nSPS) is 29.3. The Hall–Kier alpha value is -0.120. The first-order chi connectivity index (χ1) is 4.34. The molecule has 1 saturated heterocycles. The van der Waals surface area contributed by atoms with E-state index in [4.69, 9.17) is 9.84 Å². The van der Waals surface area contributed by atoms with Crippen LogP contribution in [0.4, 0.5) is 0 Å². The number of hydrogen-bond acceptors (Lipinski definition) is 3. The number of ether oxygens (including phenoxy) is 1. The summed E-state index contributed by atoms with van der Waals surface area (Å²) in [5, 5.41) is 8.55. The zero-order chi connectivity index (χ0) is 6.69. The minimum atomic E-state index is 0.230. The molecule has 0 spiro atoms. The number of aliphatic hydroxyl groups is 1. The van der Waals surface area contributed by atoms with Crippen LogP contribution in [-0.2, 0) is 4.74 Å². The molecule has 0 bridgehead atoms. The van der Waals surface area contributed by atoms with Crippen LogP contribution in [0.5, 0.6) is 0 Å². The van der Waals surface area contributed by atoms with Crippen LogP contribution in [0.25, 0.3) is 0 Å². The van der Waals surface area contributed by atoms with E-state index < -0.39 is 0 Å². The second-order valence-electron chi connectivity index (χ2n) is 2.38. The van der Waals surface area contributed by atoms with Crippen molar-refractivity contribution in [2.45, 2.75) is 13.0 Å². The third-order valence-corrected chi connectivity index (χ3v) is 1.63. The molecule has 3 heteroatoms. The van der Waals surface area contributed by atoms with E-state index >= 15 is 0 Å². The predicted octanol–water partition coefficient (Wildman–Crippen LogP) is -0.343. The number of hydrogen-bond donors (Lipinski definition) is 1.